The predicted octanol–water partition coefficient (Wildman–Crippen LogP) is 1.45. The number of hydrazine groups is 1. The molecule has 2 atom stereocenters. The number of hydrogen-bond acceptors (Lipinski definition) is 4. The molecule has 4 heteroatoms. The molecule has 2 rings (SSSR count). The van der Waals surface area contributed by atoms with E-state index in [0.717, 1.165) is 18.4 Å². The molecule has 0 saturated heterocycles. The highest BCUT2D eigenvalue weighted by Crippen LogP contribution is 2.38. The van der Waals surface area contributed by atoms with Crippen molar-refractivity contribution < 1.29 is 0 Å². The van der Waals surface area contributed by atoms with Crippen LogP contribution in [0.3, 0.4) is 0 Å². The van der Waals surface area contributed by atoms with E-state index in [4.69, 9.17) is 5.84 Å². The maximum Gasteiger partial charge on any atom is 0.139 e. The zero-order valence-electron chi connectivity index (χ0n) is 9.98. The molecule has 4 nitrogen and oxygen atoms in total. The quantitative estimate of drug-likeness (QED) is 0.582. The topological polar surface area (TPSA) is 54.2 Å². The molecule has 3 N–H and O–H groups in total. The normalized spacial score (nSPS) is 23.5. The summed E-state index contributed by atoms with van der Waals surface area (Å²) in [7, 11) is 2.17. The number of rotatable bonds is 5. The lowest BCUT2D eigenvalue weighted by Gasteiger charge is -2.16. The van der Waals surface area contributed by atoms with Crippen molar-refractivity contribution in [2.75, 3.05) is 19.0 Å². The molecule has 1 aliphatic carbocycles. The van der Waals surface area contributed by atoms with Gasteiger partial charge in [0.15, 0.2) is 0 Å². The van der Waals surface area contributed by atoms with E-state index in [1.807, 2.05) is 12.3 Å². The maximum absolute atomic E-state index is 5.27. The van der Waals surface area contributed by atoms with Crippen LogP contribution >= 0.6 is 0 Å². The Balaban J connectivity index is 1.83. The summed E-state index contributed by atoms with van der Waals surface area (Å²) in [6, 6.07) is 3.97. The second-order valence-corrected chi connectivity index (χ2v) is 4.87. The number of nitrogens with zero attached hydrogens (tertiary/aromatic N) is 2. The second-order valence-electron chi connectivity index (χ2n) is 4.87. The van der Waals surface area contributed by atoms with Gasteiger partial charge in [-0.25, -0.2) is 10.8 Å². The van der Waals surface area contributed by atoms with Crippen LogP contribution in [-0.4, -0.2) is 23.5 Å². The third-order valence-corrected chi connectivity index (χ3v) is 3.25. The van der Waals surface area contributed by atoms with Gasteiger partial charge in [0.05, 0.1) is 0 Å². The number of pyridine rings is 1. The van der Waals surface area contributed by atoms with Crippen LogP contribution in [0.15, 0.2) is 18.3 Å². The molecule has 1 aromatic heterocycles. The number of nitrogen functional groups attached to an aromatic ring is 1. The van der Waals surface area contributed by atoms with Crippen LogP contribution in [-0.2, 0) is 6.54 Å². The molecule has 1 aliphatic rings. The maximum atomic E-state index is 5.27. The molecule has 0 aromatic carbocycles. The average Bonchev–Trinajstić information content (AvgIpc) is 2.95. The first-order valence-corrected chi connectivity index (χ1v) is 5.79. The summed E-state index contributed by atoms with van der Waals surface area (Å²) in [6.07, 6.45) is 3.26. The average molecular weight is 220 g/mol. The molecule has 0 bridgehead atoms. The van der Waals surface area contributed by atoms with E-state index in [1.165, 1.54) is 18.5 Å². The van der Waals surface area contributed by atoms with Crippen molar-refractivity contribution in [2.24, 2.45) is 17.7 Å². The van der Waals surface area contributed by atoms with Gasteiger partial charge in [-0.15, -0.1) is 0 Å². The molecule has 16 heavy (non-hydrogen) atoms. The van der Waals surface area contributed by atoms with Gasteiger partial charge in [0, 0.05) is 19.3 Å². The highest BCUT2D eigenvalue weighted by atomic mass is 15.2. The lowest BCUT2D eigenvalue weighted by molar-refractivity contribution is 0.307. The van der Waals surface area contributed by atoms with Crippen molar-refractivity contribution in [2.45, 2.75) is 19.9 Å². The molecular formula is C12H20N4. The number of aromatic nitrogens is 1. The van der Waals surface area contributed by atoms with Crippen molar-refractivity contribution in [1.82, 2.24) is 9.88 Å². The molecule has 0 amide bonds. The van der Waals surface area contributed by atoms with Gasteiger partial charge in [0.2, 0.25) is 0 Å². The van der Waals surface area contributed by atoms with Gasteiger partial charge in [0.25, 0.3) is 0 Å². The third-order valence-electron chi connectivity index (χ3n) is 3.25. The van der Waals surface area contributed by atoms with Gasteiger partial charge >= 0.3 is 0 Å². The summed E-state index contributed by atoms with van der Waals surface area (Å²) in [5.74, 6) is 7.80. The molecule has 1 fully saturated rings. The van der Waals surface area contributed by atoms with E-state index in [9.17, 15) is 0 Å². The molecule has 0 spiro atoms. The van der Waals surface area contributed by atoms with Crippen LogP contribution in [0, 0.1) is 11.8 Å². The minimum absolute atomic E-state index is 0.710. The molecule has 1 aromatic rings. The standard InChI is InChI=1S/C12H20N4/c1-9-5-11(9)8-16(2)7-10-3-4-12(15-13)14-6-10/h3-4,6,9,11H,5,7-8,13H2,1-2H3,(H,14,15). The van der Waals surface area contributed by atoms with E-state index >= 15 is 0 Å². The lowest BCUT2D eigenvalue weighted by Crippen LogP contribution is -2.21. The zero-order chi connectivity index (χ0) is 11.5. The van der Waals surface area contributed by atoms with Crippen molar-refractivity contribution in [3.8, 4) is 0 Å². The summed E-state index contributed by atoms with van der Waals surface area (Å²) >= 11 is 0. The fourth-order valence-corrected chi connectivity index (χ4v) is 2.03. The Morgan fingerprint density at radius 2 is 2.31 bits per heavy atom. The highest BCUT2D eigenvalue weighted by Gasteiger charge is 2.32. The SMILES string of the molecule is CC1CC1CN(C)Cc1ccc(NN)nc1. The van der Waals surface area contributed by atoms with Crippen molar-refractivity contribution >= 4 is 5.82 Å². The van der Waals surface area contributed by atoms with Gasteiger partial charge in [0.1, 0.15) is 5.82 Å². The molecule has 1 saturated carbocycles. The molecular weight excluding hydrogens is 200 g/mol. The molecule has 0 radical (unpaired) electrons. The van der Waals surface area contributed by atoms with E-state index in [0.29, 0.717) is 5.82 Å². The number of anilines is 1. The minimum atomic E-state index is 0.710. The molecule has 1 heterocycles. The Morgan fingerprint density at radius 3 is 2.81 bits per heavy atom. The molecule has 0 aliphatic heterocycles. The monoisotopic (exact) mass is 220 g/mol. The van der Waals surface area contributed by atoms with Gasteiger partial charge in [-0.2, -0.15) is 0 Å². The third kappa shape index (κ3) is 2.93. The zero-order valence-corrected chi connectivity index (χ0v) is 9.98. The largest absolute Gasteiger partial charge is 0.308 e. The van der Waals surface area contributed by atoms with Crippen LogP contribution in [0.5, 0.6) is 0 Å². The fourth-order valence-electron chi connectivity index (χ4n) is 2.03. The fraction of sp³-hybridized carbons (Fsp3) is 0.583. The second kappa shape index (κ2) is 4.80. The first-order valence-electron chi connectivity index (χ1n) is 5.79. The molecule has 2 unspecified atom stereocenters. The van der Waals surface area contributed by atoms with Crippen LogP contribution in [0.4, 0.5) is 5.82 Å². The van der Waals surface area contributed by atoms with Crippen molar-refractivity contribution in [3.05, 3.63) is 23.9 Å². The lowest BCUT2D eigenvalue weighted by atomic mass is 10.2. The number of nitrogens with one attached hydrogen (secondary N) is 1. The highest BCUT2D eigenvalue weighted by molar-refractivity contribution is 5.33. The predicted molar refractivity (Wildman–Crippen MR) is 65.7 cm³/mol. The Morgan fingerprint density at radius 1 is 1.56 bits per heavy atom. The van der Waals surface area contributed by atoms with E-state index < -0.39 is 0 Å². The summed E-state index contributed by atoms with van der Waals surface area (Å²) in [5, 5.41) is 0. The number of nitrogens with two attached hydrogens (primary N) is 1. The molecule has 88 valence electrons. The Kier molecular flexibility index (Phi) is 3.41. The van der Waals surface area contributed by atoms with Crippen molar-refractivity contribution in [3.63, 3.8) is 0 Å². The Bertz CT molecular complexity index is 335. The van der Waals surface area contributed by atoms with Crippen LogP contribution in [0.2, 0.25) is 0 Å². The van der Waals surface area contributed by atoms with Crippen LogP contribution in [0.1, 0.15) is 18.9 Å². The van der Waals surface area contributed by atoms with Gasteiger partial charge in [-0.3, -0.25) is 0 Å². The Labute approximate surface area is 96.8 Å². The van der Waals surface area contributed by atoms with Crippen LogP contribution < -0.4 is 11.3 Å². The summed E-state index contributed by atoms with van der Waals surface area (Å²) in [5.41, 5.74) is 3.76. The minimum Gasteiger partial charge on any atom is -0.308 e. The first kappa shape index (κ1) is 11.4. The van der Waals surface area contributed by atoms with Gasteiger partial charge in [-0.1, -0.05) is 13.0 Å². The van der Waals surface area contributed by atoms with Crippen molar-refractivity contribution in [1.29, 1.82) is 0 Å². The summed E-state index contributed by atoms with van der Waals surface area (Å²) in [6.45, 7) is 4.47. The number of hydrogen-bond donors (Lipinski definition) is 2. The van der Waals surface area contributed by atoms with Crippen LogP contribution in [0.25, 0.3) is 0 Å². The smallest absolute Gasteiger partial charge is 0.139 e. The van der Waals surface area contributed by atoms with E-state index in [1.54, 1.807) is 0 Å². The van der Waals surface area contributed by atoms with Gasteiger partial charge in [-0.05, 0) is 36.9 Å². The Hall–Kier alpha value is -1.13. The summed E-state index contributed by atoms with van der Waals surface area (Å²) in [4.78, 5) is 6.56. The van der Waals surface area contributed by atoms with Gasteiger partial charge < -0.3 is 10.3 Å². The first-order chi connectivity index (χ1) is 7.69. The summed E-state index contributed by atoms with van der Waals surface area (Å²) < 4.78 is 0. The van der Waals surface area contributed by atoms with E-state index in [2.05, 4.69) is 35.3 Å². The van der Waals surface area contributed by atoms with E-state index in [-0.39, 0.29) is 0 Å².